The molecule has 6 nitrogen and oxygen atoms in total. The van der Waals surface area contributed by atoms with Gasteiger partial charge in [-0.3, -0.25) is 0 Å². The minimum Gasteiger partial charge on any atom is -0.508 e. The van der Waals surface area contributed by atoms with Crippen LogP contribution in [0.5, 0.6) is 11.5 Å². The third-order valence-electron chi connectivity index (χ3n) is 3.19. The van der Waals surface area contributed by atoms with Crippen LogP contribution in [0.15, 0.2) is 47.4 Å². The number of aliphatic hydroxyl groups excluding tert-OH is 1. The number of aromatic hydroxyl groups is 2. The second-order valence-corrected chi connectivity index (χ2v) is 8.61. The van der Waals surface area contributed by atoms with Gasteiger partial charge in [0.1, 0.15) is 11.5 Å². The summed E-state index contributed by atoms with van der Waals surface area (Å²) in [7, 11) is 0. The first-order chi connectivity index (χ1) is 10.7. The van der Waals surface area contributed by atoms with Gasteiger partial charge in [-0.25, -0.2) is 4.57 Å². The second-order valence-electron chi connectivity index (χ2n) is 5.03. The standard InChI is InChI=1S/C15H17O6PS/c16-11-3-1-2-10(8-11)4-6-14(18)13-9-12(17)5-7-15(13)23-22(19,20)21/h1-3,5,7-9,14,16-18H,4,6H2,(H2,19,20,21). The Morgan fingerprint density at radius 3 is 2.39 bits per heavy atom. The normalized spacial score (nSPS) is 13.0. The molecular formula is C15H17O6PS. The number of phenolic OH excluding ortho intramolecular Hbond substituents is 2. The van der Waals surface area contributed by atoms with E-state index in [1.54, 1.807) is 24.3 Å². The molecule has 0 heterocycles. The Balaban J connectivity index is 2.16. The van der Waals surface area contributed by atoms with Crippen LogP contribution in [0, 0.1) is 0 Å². The van der Waals surface area contributed by atoms with Gasteiger partial charge in [-0.15, -0.1) is 0 Å². The van der Waals surface area contributed by atoms with Crippen molar-refractivity contribution in [3.8, 4) is 11.5 Å². The average molecular weight is 356 g/mol. The Hall–Kier alpha value is -1.50. The molecular weight excluding hydrogens is 339 g/mol. The zero-order valence-electron chi connectivity index (χ0n) is 12.0. The van der Waals surface area contributed by atoms with Crippen molar-refractivity contribution >= 4 is 18.2 Å². The quantitative estimate of drug-likeness (QED) is 0.505. The minimum atomic E-state index is -4.36. The Bertz CT molecular complexity index is 730. The van der Waals surface area contributed by atoms with E-state index in [0.717, 1.165) is 5.56 Å². The Morgan fingerprint density at radius 1 is 1.04 bits per heavy atom. The summed E-state index contributed by atoms with van der Waals surface area (Å²) >= 11 is 0.344. The molecule has 2 rings (SSSR count). The summed E-state index contributed by atoms with van der Waals surface area (Å²) in [6, 6.07) is 10.6. The summed E-state index contributed by atoms with van der Waals surface area (Å²) in [5, 5.41) is 29.3. The molecule has 23 heavy (non-hydrogen) atoms. The number of hydrogen-bond donors (Lipinski definition) is 5. The molecule has 2 aromatic rings. The smallest absolute Gasteiger partial charge is 0.388 e. The first kappa shape index (κ1) is 17.8. The highest BCUT2D eigenvalue weighted by Gasteiger charge is 2.21. The molecule has 124 valence electrons. The molecule has 1 atom stereocenters. The molecule has 0 saturated carbocycles. The molecule has 0 amide bonds. The van der Waals surface area contributed by atoms with Gasteiger partial charge in [0.25, 0.3) is 0 Å². The minimum absolute atomic E-state index is 0.0912. The van der Waals surface area contributed by atoms with Gasteiger partial charge in [0, 0.05) is 4.90 Å². The van der Waals surface area contributed by atoms with Crippen LogP contribution in [-0.4, -0.2) is 25.1 Å². The molecule has 0 bridgehead atoms. The van der Waals surface area contributed by atoms with Crippen LogP contribution in [0.2, 0.25) is 0 Å². The van der Waals surface area contributed by atoms with Crippen molar-refractivity contribution in [2.24, 2.45) is 0 Å². The maximum absolute atomic E-state index is 11.2. The number of hydrogen-bond acceptors (Lipinski definition) is 5. The summed E-state index contributed by atoms with van der Waals surface area (Å²) in [5.74, 6) is 0.0403. The van der Waals surface area contributed by atoms with Crippen molar-refractivity contribution in [3.05, 3.63) is 53.6 Å². The van der Waals surface area contributed by atoms with Gasteiger partial charge in [0.05, 0.1) is 6.10 Å². The fraction of sp³-hybridized carbons (Fsp3) is 0.200. The van der Waals surface area contributed by atoms with Gasteiger partial charge in [0.2, 0.25) is 0 Å². The van der Waals surface area contributed by atoms with Crippen LogP contribution in [0.1, 0.15) is 23.7 Å². The van der Waals surface area contributed by atoms with Gasteiger partial charge in [-0.1, -0.05) is 12.1 Å². The lowest BCUT2D eigenvalue weighted by Crippen LogP contribution is -2.01. The molecule has 0 fully saturated rings. The van der Waals surface area contributed by atoms with Crippen LogP contribution >= 0.6 is 18.2 Å². The van der Waals surface area contributed by atoms with E-state index in [-0.39, 0.29) is 28.4 Å². The van der Waals surface area contributed by atoms with Crippen LogP contribution < -0.4 is 0 Å². The van der Waals surface area contributed by atoms with Crippen molar-refractivity contribution in [2.75, 3.05) is 0 Å². The highest BCUT2D eigenvalue weighted by atomic mass is 32.7. The van der Waals surface area contributed by atoms with Gasteiger partial charge in [-0.05, 0) is 65.7 Å². The zero-order chi connectivity index (χ0) is 17.0. The summed E-state index contributed by atoms with van der Waals surface area (Å²) in [5.41, 5.74) is 1.09. The van der Waals surface area contributed by atoms with E-state index in [0.29, 0.717) is 17.8 Å². The topological polar surface area (TPSA) is 118 Å². The van der Waals surface area contributed by atoms with E-state index in [2.05, 4.69) is 0 Å². The molecule has 5 N–H and O–H groups in total. The van der Waals surface area contributed by atoms with Gasteiger partial charge in [-0.2, -0.15) is 0 Å². The number of aryl methyl sites for hydroxylation is 1. The van der Waals surface area contributed by atoms with Crippen molar-refractivity contribution in [3.63, 3.8) is 0 Å². The van der Waals surface area contributed by atoms with Gasteiger partial charge < -0.3 is 25.1 Å². The Labute approximate surface area is 137 Å². The van der Waals surface area contributed by atoms with Gasteiger partial charge >= 0.3 is 6.80 Å². The number of rotatable bonds is 6. The summed E-state index contributed by atoms with van der Waals surface area (Å²) in [6.07, 6.45) is -0.258. The fourth-order valence-electron chi connectivity index (χ4n) is 2.18. The lowest BCUT2D eigenvalue weighted by molar-refractivity contribution is 0.164. The average Bonchev–Trinajstić information content (AvgIpc) is 2.45. The first-order valence-electron chi connectivity index (χ1n) is 6.78. The van der Waals surface area contributed by atoms with Crippen LogP contribution in [0.3, 0.4) is 0 Å². The van der Waals surface area contributed by atoms with E-state index in [1.165, 1.54) is 18.2 Å². The maximum atomic E-state index is 11.2. The molecule has 8 heteroatoms. The third-order valence-corrected chi connectivity index (χ3v) is 5.30. The lowest BCUT2D eigenvalue weighted by Gasteiger charge is -2.16. The summed E-state index contributed by atoms with van der Waals surface area (Å²) < 4.78 is 11.2. The Kier molecular flexibility index (Phi) is 5.73. The molecule has 2 aromatic carbocycles. The van der Waals surface area contributed by atoms with E-state index < -0.39 is 12.9 Å². The largest absolute Gasteiger partial charge is 0.508 e. The molecule has 0 radical (unpaired) electrons. The van der Waals surface area contributed by atoms with E-state index in [9.17, 15) is 19.9 Å². The molecule has 1 unspecified atom stereocenters. The fourth-order valence-corrected chi connectivity index (χ4v) is 4.13. The SMILES string of the molecule is O=P(O)(O)Sc1ccc(O)cc1C(O)CCc1cccc(O)c1. The highest BCUT2D eigenvalue weighted by molar-refractivity contribution is 8.54. The van der Waals surface area contributed by atoms with Crippen LogP contribution in [0.4, 0.5) is 0 Å². The molecule has 0 aromatic heterocycles. The van der Waals surface area contributed by atoms with Crippen LogP contribution in [0.25, 0.3) is 0 Å². The van der Waals surface area contributed by atoms with Gasteiger partial charge in [0.15, 0.2) is 0 Å². The predicted molar refractivity (Wildman–Crippen MR) is 87.4 cm³/mol. The molecule has 0 aliphatic carbocycles. The monoisotopic (exact) mass is 356 g/mol. The van der Waals surface area contributed by atoms with Crippen LogP contribution in [-0.2, 0) is 11.0 Å². The maximum Gasteiger partial charge on any atom is 0.388 e. The molecule has 0 aliphatic rings. The molecule has 0 aliphatic heterocycles. The third kappa shape index (κ3) is 5.57. The van der Waals surface area contributed by atoms with Crippen molar-refractivity contribution in [1.29, 1.82) is 0 Å². The van der Waals surface area contributed by atoms with E-state index in [1.807, 2.05) is 0 Å². The van der Waals surface area contributed by atoms with E-state index >= 15 is 0 Å². The number of benzene rings is 2. The first-order valence-corrected chi connectivity index (χ1v) is 9.82. The van der Waals surface area contributed by atoms with Crippen molar-refractivity contribution in [1.82, 2.24) is 0 Å². The zero-order valence-corrected chi connectivity index (χ0v) is 13.7. The Morgan fingerprint density at radius 2 is 1.74 bits per heavy atom. The lowest BCUT2D eigenvalue weighted by atomic mass is 10.0. The van der Waals surface area contributed by atoms with E-state index in [4.69, 9.17) is 9.79 Å². The van der Waals surface area contributed by atoms with Crippen molar-refractivity contribution in [2.45, 2.75) is 23.8 Å². The summed E-state index contributed by atoms with van der Waals surface area (Å²) in [6.45, 7) is -4.36. The number of phenols is 2. The van der Waals surface area contributed by atoms with Crippen molar-refractivity contribution < 1.29 is 29.7 Å². The second kappa shape index (κ2) is 7.38. The number of aliphatic hydroxyl groups is 1. The highest BCUT2D eigenvalue weighted by Crippen LogP contribution is 2.56. The molecule has 0 spiro atoms. The summed E-state index contributed by atoms with van der Waals surface area (Å²) in [4.78, 5) is 18.4. The molecule has 0 saturated heterocycles. The predicted octanol–water partition coefficient (Wildman–Crippen LogP) is 2.95.